The first-order chi connectivity index (χ1) is 13.2. The molecular weight excluding hydrogens is 362 g/mol. The first-order valence-electron chi connectivity index (χ1n) is 9.26. The Balaban J connectivity index is 1.85. The molecule has 1 aromatic carbocycles. The molecule has 0 aliphatic heterocycles. The van der Waals surface area contributed by atoms with E-state index in [-0.39, 0.29) is 6.03 Å². The molecule has 0 unspecified atom stereocenters. The summed E-state index contributed by atoms with van der Waals surface area (Å²) in [4.78, 5) is 15.6. The van der Waals surface area contributed by atoms with E-state index in [1.165, 1.54) is 4.88 Å². The first-order valence-corrected chi connectivity index (χ1v) is 10.1. The van der Waals surface area contributed by atoms with Crippen LogP contribution in [0.5, 0.6) is 11.5 Å². The molecule has 0 radical (unpaired) electrons. The number of nitrogens with one attached hydrogen (secondary N) is 2. The smallest absolute Gasteiger partial charge is 0.319 e. The molecule has 148 valence electrons. The molecule has 0 saturated heterocycles. The van der Waals surface area contributed by atoms with Crippen molar-refractivity contribution in [2.75, 3.05) is 45.2 Å². The van der Waals surface area contributed by atoms with E-state index >= 15 is 0 Å². The number of benzene rings is 1. The first kappa shape index (κ1) is 21.1. The number of carbonyl (C=O) groups excluding carboxylic acids is 1. The number of likely N-dealkylation sites (N-methyl/N-ethyl adjacent to an activating group) is 1. The second kappa shape index (κ2) is 11.5. The minimum absolute atomic E-state index is 0.231. The highest BCUT2D eigenvalue weighted by atomic mass is 32.1. The van der Waals surface area contributed by atoms with E-state index in [1.54, 1.807) is 36.6 Å². The van der Waals surface area contributed by atoms with Crippen LogP contribution >= 0.6 is 11.3 Å². The molecule has 0 aliphatic rings. The molecule has 0 atom stereocenters. The SMILES string of the molecule is CCN(CC)CCOc1cc(NC(=O)NCCc2cccs2)ccc1OC. The monoisotopic (exact) mass is 391 g/mol. The Morgan fingerprint density at radius 2 is 2.00 bits per heavy atom. The molecule has 0 fully saturated rings. The second-order valence-electron chi connectivity index (χ2n) is 5.95. The lowest BCUT2D eigenvalue weighted by molar-refractivity contribution is 0.217. The zero-order chi connectivity index (χ0) is 19.5. The molecule has 7 heteroatoms. The lowest BCUT2D eigenvalue weighted by Crippen LogP contribution is -2.30. The van der Waals surface area contributed by atoms with Crippen LogP contribution < -0.4 is 20.1 Å². The molecule has 2 amide bonds. The third-order valence-corrected chi connectivity index (χ3v) is 5.15. The standard InChI is InChI=1S/C20H29N3O3S/c1-4-23(5-2)12-13-26-19-15-16(8-9-18(19)25-3)22-20(24)21-11-10-17-7-6-14-27-17/h6-9,14-15H,4-5,10-13H2,1-3H3,(H2,21,22,24). The van der Waals surface area contributed by atoms with Gasteiger partial charge in [-0.15, -0.1) is 11.3 Å². The summed E-state index contributed by atoms with van der Waals surface area (Å²) in [5.74, 6) is 1.28. The molecule has 2 rings (SSSR count). The van der Waals surface area contributed by atoms with E-state index < -0.39 is 0 Å². The number of rotatable bonds is 11. The van der Waals surface area contributed by atoms with Crippen molar-refractivity contribution in [1.29, 1.82) is 0 Å². The number of hydrogen-bond donors (Lipinski definition) is 2. The highest BCUT2D eigenvalue weighted by Gasteiger charge is 2.09. The van der Waals surface area contributed by atoms with Gasteiger partial charge in [-0.05, 0) is 43.1 Å². The summed E-state index contributed by atoms with van der Waals surface area (Å²) in [6, 6.07) is 9.24. The number of hydrogen-bond acceptors (Lipinski definition) is 5. The number of ether oxygens (including phenoxy) is 2. The van der Waals surface area contributed by atoms with Gasteiger partial charge in [0.15, 0.2) is 11.5 Å². The maximum Gasteiger partial charge on any atom is 0.319 e. The maximum atomic E-state index is 12.1. The largest absolute Gasteiger partial charge is 0.493 e. The van der Waals surface area contributed by atoms with Gasteiger partial charge in [-0.2, -0.15) is 0 Å². The van der Waals surface area contributed by atoms with E-state index in [1.807, 2.05) is 11.4 Å². The summed E-state index contributed by atoms with van der Waals surface area (Å²) < 4.78 is 11.2. The zero-order valence-electron chi connectivity index (χ0n) is 16.3. The number of urea groups is 1. The van der Waals surface area contributed by atoms with E-state index in [0.29, 0.717) is 30.3 Å². The molecule has 0 spiro atoms. The van der Waals surface area contributed by atoms with Crippen LogP contribution in [0.2, 0.25) is 0 Å². The van der Waals surface area contributed by atoms with E-state index in [4.69, 9.17) is 9.47 Å². The third kappa shape index (κ3) is 7.11. The van der Waals surface area contributed by atoms with Gasteiger partial charge in [0, 0.05) is 29.7 Å². The van der Waals surface area contributed by atoms with Crippen molar-refractivity contribution in [3.8, 4) is 11.5 Å². The van der Waals surface area contributed by atoms with Crippen LogP contribution in [0.15, 0.2) is 35.7 Å². The van der Waals surface area contributed by atoms with Crippen LogP contribution in [0.4, 0.5) is 10.5 Å². The number of carbonyl (C=O) groups is 1. The summed E-state index contributed by atoms with van der Waals surface area (Å²) >= 11 is 1.69. The van der Waals surface area contributed by atoms with E-state index in [0.717, 1.165) is 26.1 Å². The Hall–Kier alpha value is -2.25. The van der Waals surface area contributed by atoms with E-state index in [2.05, 4.69) is 35.4 Å². The van der Waals surface area contributed by atoms with Crippen LogP contribution in [0.25, 0.3) is 0 Å². The Kier molecular flexibility index (Phi) is 8.94. The molecule has 6 nitrogen and oxygen atoms in total. The maximum absolute atomic E-state index is 12.1. The minimum Gasteiger partial charge on any atom is -0.493 e. The normalized spacial score (nSPS) is 10.7. The van der Waals surface area contributed by atoms with Gasteiger partial charge < -0.3 is 25.0 Å². The van der Waals surface area contributed by atoms with Crippen molar-refractivity contribution < 1.29 is 14.3 Å². The van der Waals surface area contributed by atoms with Crippen molar-refractivity contribution in [1.82, 2.24) is 10.2 Å². The predicted molar refractivity (Wildman–Crippen MR) is 111 cm³/mol. The average Bonchev–Trinajstić information content (AvgIpc) is 3.19. The molecule has 0 bridgehead atoms. The molecule has 0 aliphatic carbocycles. The fraction of sp³-hybridized carbons (Fsp3) is 0.450. The Labute approximate surface area is 165 Å². The molecule has 2 N–H and O–H groups in total. The number of amides is 2. The summed E-state index contributed by atoms with van der Waals surface area (Å²) in [6.07, 6.45) is 0.827. The minimum atomic E-state index is -0.231. The number of methoxy groups -OCH3 is 1. The van der Waals surface area contributed by atoms with Crippen LogP contribution in [0, 0.1) is 0 Å². The number of nitrogens with zero attached hydrogens (tertiary/aromatic N) is 1. The molecule has 27 heavy (non-hydrogen) atoms. The van der Waals surface area contributed by atoms with Gasteiger partial charge >= 0.3 is 6.03 Å². The molecule has 2 aromatic rings. The second-order valence-corrected chi connectivity index (χ2v) is 6.98. The van der Waals surface area contributed by atoms with Crippen molar-refractivity contribution in [3.63, 3.8) is 0 Å². The van der Waals surface area contributed by atoms with Crippen LogP contribution in [-0.4, -0.2) is 50.8 Å². The quantitative estimate of drug-likeness (QED) is 0.611. The molecule has 1 heterocycles. The summed E-state index contributed by atoms with van der Waals surface area (Å²) in [7, 11) is 1.61. The fourth-order valence-electron chi connectivity index (χ4n) is 2.62. The van der Waals surface area contributed by atoms with Crippen LogP contribution in [0.3, 0.4) is 0 Å². The summed E-state index contributed by atoms with van der Waals surface area (Å²) in [5, 5.41) is 7.75. The lowest BCUT2D eigenvalue weighted by Gasteiger charge is -2.19. The Morgan fingerprint density at radius 3 is 2.67 bits per heavy atom. The third-order valence-electron chi connectivity index (χ3n) is 4.22. The lowest BCUT2D eigenvalue weighted by atomic mass is 10.2. The Morgan fingerprint density at radius 1 is 1.19 bits per heavy atom. The van der Waals surface area contributed by atoms with Crippen molar-refractivity contribution >= 4 is 23.1 Å². The van der Waals surface area contributed by atoms with Gasteiger partial charge in [0.1, 0.15) is 6.61 Å². The van der Waals surface area contributed by atoms with Gasteiger partial charge in [-0.25, -0.2) is 4.79 Å². The highest BCUT2D eigenvalue weighted by molar-refractivity contribution is 7.09. The molecular formula is C20H29N3O3S. The zero-order valence-corrected chi connectivity index (χ0v) is 17.1. The van der Waals surface area contributed by atoms with Crippen molar-refractivity contribution in [3.05, 3.63) is 40.6 Å². The average molecular weight is 392 g/mol. The Bertz CT molecular complexity index is 688. The van der Waals surface area contributed by atoms with Crippen molar-refractivity contribution in [2.45, 2.75) is 20.3 Å². The topological polar surface area (TPSA) is 62.8 Å². The van der Waals surface area contributed by atoms with Gasteiger partial charge in [0.2, 0.25) is 0 Å². The molecule has 1 aromatic heterocycles. The van der Waals surface area contributed by atoms with Crippen molar-refractivity contribution in [2.24, 2.45) is 0 Å². The highest BCUT2D eigenvalue weighted by Crippen LogP contribution is 2.30. The van der Waals surface area contributed by atoms with Crippen LogP contribution in [0.1, 0.15) is 18.7 Å². The van der Waals surface area contributed by atoms with Crippen LogP contribution in [-0.2, 0) is 6.42 Å². The fourth-order valence-corrected chi connectivity index (χ4v) is 3.33. The van der Waals surface area contributed by atoms with E-state index in [9.17, 15) is 4.79 Å². The summed E-state index contributed by atoms with van der Waals surface area (Å²) in [5.41, 5.74) is 0.669. The predicted octanol–water partition coefficient (Wildman–Crippen LogP) is 3.84. The van der Waals surface area contributed by atoms with Gasteiger partial charge in [-0.1, -0.05) is 19.9 Å². The molecule has 0 saturated carbocycles. The van der Waals surface area contributed by atoms with Gasteiger partial charge in [-0.3, -0.25) is 0 Å². The number of anilines is 1. The van der Waals surface area contributed by atoms with Gasteiger partial charge in [0.05, 0.1) is 7.11 Å². The van der Waals surface area contributed by atoms with Gasteiger partial charge in [0.25, 0.3) is 0 Å². The number of thiophene rings is 1. The summed E-state index contributed by atoms with van der Waals surface area (Å²) in [6.45, 7) is 8.24.